The Morgan fingerprint density at radius 1 is 1.23 bits per heavy atom. The van der Waals surface area contributed by atoms with Gasteiger partial charge < -0.3 is 15.1 Å². The van der Waals surface area contributed by atoms with E-state index in [9.17, 15) is 9.59 Å². The number of hydrogen-bond donors (Lipinski definition) is 1. The Hall–Kier alpha value is -1.54. The summed E-state index contributed by atoms with van der Waals surface area (Å²) in [6, 6.07) is 1.58. The molecule has 0 aromatic carbocycles. The normalized spacial score (nSPS) is 19.3. The van der Waals surface area contributed by atoms with Crippen molar-refractivity contribution in [3.05, 3.63) is 22.6 Å². The summed E-state index contributed by atoms with van der Waals surface area (Å²) in [6.07, 6.45) is 1.69. The topological polar surface area (TPSA) is 70.5 Å². The van der Waals surface area contributed by atoms with E-state index in [-0.39, 0.29) is 18.0 Å². The molecule has 0 atom stereocenters. The van der Waals surface area contributed by atoms with Gasteiger partial charge in [0.1, 0.15) is 6.54 Å². The summed E-state index contributed by atoms with van der Waals surface area (Å²) in [5.74, 6) is 1.91. The fourth-order valence-electron chi connectivity index (χ4n) is 2.68. The van der Waals surface area contributed by atoms with Crippen LogP contribution in [0.4, 0.5) is 5.69 Å². The number of rotatable bonds is 3. The Morgan fingerprint density at radius 2 is 1.95 bits per heavy atom. The van der Waals surface area contributed by atoms with E-state index in [4.69, 9.17) is 0 Å². The van der Waals surface area contributed by atoms with Crippen molar-refractivity contribution >= 4 is 23.4 Å². The van der Waals surface area contributed by atoms with Crippen molar-refractivity contribution < 1.29 is 4.79 Å². The number of carbonyl (C=O) groups is 1. The highest BCUT2D eigenvalue weighted by Gasteiger charge is 2.18. The van der Waals surface area contributed by atoms with Crippen molar-refractivity contribution in [1.82, 2.24) is 20.0 Å². The van der Waals surface area contributed by atoms with Crippen LogP contribution in [0.15, 0.2) is 17.1 Å². The van der Waals surface area contributed by atoms with Gasteiger partial charge in [0.25, 0.3) is 5.56 Å². The zero-order chi connectivity index (χ0) is 15.4. The summed E-state index contributed by atoms with van der Waals surface area (Å²) in [6.45, 7) is 5.12. The largest absolute Gasteiger partial charge is 0.368 e. The fourth-order valence-corrected chi connectivity index (χ4v) is 3.58. The van der Waals surface area contributed by atoms with Crippen molar-refractivity contribution in [1.29, 1.82) is 0 Å². The van der Waals surface area contributed by atoms with Crippen LogP contribution in [0.2, 0.25) is 0 Å². The average molecular weight is 323 g/mol. The molecule has 2 fully saturated rings. The number of carbonyl (C=O) groups excluding carboxylic acids is 1. The van der Waals surface area contributed by atoms with E-state index in [2.05, 4.69) is 15.3 Å². The monoisotopic (exact) mass is 323 g/mol. The predicted molar refractivity (Wildman–Crippen MR) is 87.5 cm³/mol. The molecule has 0 unspecified atom stereocenters. The molecule has 0 bridgehead atoms. The first-order chi connectivity index (χ1) is 10.7. The molecule has 0 saturated carbocycles. The Morgan fingerprint density at radius 3 is 2.64 bits per heavy atom. The van der Waals surface area contributed by atoms with E-state index in [1.807, 2.05) is 16.7 Å². The van der Waals surface area contributed by atoms with Gasteiger partial charge in [-0.05, 0) is 0 Å². The molecular formula is C14H21N5O2S. The Balaban J connectivity index is 1.66. The Bertz CT molecular complexity index is 579. The lowest BCUT2D eigenvalue weighted by molar-refractivity contribution is -0.131. The highest BCUT2D eigenvalue weighted by Crippen LogP contribution is 2.11. The summed E-state index contributed by atoms with van der Waals surface area (Å²) in [4.78, 5) is 28.3. The zero-order valence-corrected chi connectivity index (χ0v) is 13.3. The molecule has 2 aliphatic rings. The molecule has 1 N–H and O–H groups in total. The number of nitrogens with one attached hydrogen (secondary N) is 1. The number of hydrogen-bond acceptors (Lipinski definition) is 6. The van der Waals surface area contributed by atoms with Crippen LogP contribution in [0.25, 0.3) is 0 Å². The maximum atomic E-state index is 12.2. The number of amides is 1. The van der Waals surface area contributed by atoms with Gasteiger partial charge in [0.2, 0.25) is 5.91 Å². The molecule has 120 valence electrons. The number of piperazine rings is 1. The average Bonchev–Trinajstić information content (AvgIpc) is 2.58. The summed E-state index contributed by atoms with van der Waals surface area (Å²) >= 11 is 1.85. The minimum atomic E-state index is -0.212. The summed E-state index contributed by atoms with van der Waals surface area (Å²) in [5.41, 5.74) is 0.625. The number of anilines is 1. The Kier molecular flexibility index (Phi) is 4.99. The second-order valence-electron chi connectivity index (χ2n) is 5.44. The van der Waals surface area contributed by atoms with E-state index in [0.717, 1.165) is 56.5 Å². The van der Waals surface area contributed by atoms with E-state index >= 15 is 0 Å². The third-order valence-electron chi connectivity index (χ3n) is 3.99. The first-order valence-electron chi connectivity index (χ1n) is 7.62. The second kappa shape index (κ2) is 7.15. The molecule has 7 nitrogen and oxygen atoms in total. The minimum absolute atomic E-state index is 0.0233. The van der Waals surface area contributed by atoms with Crippen molar-refractivity contribution in [2.75, 3.05) is 55.7 Å². The third-order valence-corrected chi connectivity index (χ3v) is 4.93. The molecule has 22 heavy (non-hydrogen) atoms. The first kappa shape index (κ1) is 15.4. The van der Waals surface area contributed by atoms with Crippen molar-refractivity contribution in [3.8, 4) is 0 Å². The van der Waals surface area contributed by atoms with E-state index in [1.54, 1.807) is 12.3 Å². The van der Waals surface area contributed by atoms with Crippen LogP contribution in [-0.2, 0) is 11.3 Å². The second-order valence-corrected chi connectivity index (χ2v) is 6.66. The van der Waals surface area contributed by atoms with Crippen LogP contribution in [0.5, 0.6) is 0 Å². The van der Waals surface area contributed by atoms with Crippen molar-refractivity contribution in [2.45, 2.75) is 6.54 Å². The molecule has 2 saturated heterocycles. The van der Waals surface area contributed by atoms with Gasteiger partial charge in [0.15, 0.2) is 0 Å². The van der Waals surface area contributed by atoms with Gasteiger partial charge in [0, 0.05) is 56.8 Å². The maximum Gasteiger partial charge on any atom is 0.269 e. The van der Waals surface area contributed by atoms with Gasteiger partial charge in [-0.1, -0.05) is 0 Å². The smallest absolute Gasteiger partial charge is 0.269 e. The predicted octanol–water partition coefficient (Wildman–Crippen LogP) is -0.772. The van der Waals surface area contributed by atoms with Crippen LogP contribution in [-0.4, -0.2) is 71.4 Å². The minimum Gasteiger partial charge on any atom is -0.368 e. The quantitative estimate of drug-likeness (QED) is 0.788. The third kappa shape index (κ3) is 3.61. The van der Waals surface area contributed by atoms with Gasteiger partial charge in [-0.25, -0.2) is 4.68 Å². The molecule has 3 heterocycles. The molecule has 0 aliphatic carbocycles. The molecule has 8 heteroatoms. The summed E-state index contributed by atoms with van der Waals surface area (Å²) in [5, 5.41) is 7.45. The molecule has 1 amide bonds. The van der Waals surface area contributed by atoms with Crippen molar-refractivity contribution in [3.63, 3.8) is 0 Å². The van der Waals surface area contributed by atoms with Gasteiger partial charge >= 0.3 is 0 Å². The SMILES string of the molecule is O=C(Cn1ncc(N2CCNCC2)cc1=O)N1CCSCC1. The van der Waals surface area contributed by atoms with Gasteiger partial charge in [-0.15, -0.1) is 0 Å². The molecular weight excluding hydrogens is 302 g/mol. The standard InChI is InChI=1S/C14H21N5O2S/c20-13-9-12(17-3-1-15-2-4-17)10-16-19(13)11-14(21)18-5-7-22-8-6-18/h9-10,15H,1-8,11H2. The van der Waals surface area contributed by atoms with Crippen LogP contribution in [0.3, 0.4) is 0 Å². The van der Waals surface area contributed by atoms with Crippen LogP contribution in [0, 0.1) is 0 Å². The molecule has 1 aromatic rings. The highest BCUT2D eigenvalue weighted by atomic mass is 32.2. The van der Waals surface area contributed by atoms with E-state index in [0.29, 0.717) is 0 Å². The lowest BCUT2D eigenvalue weighted by Gasteiger charge is -2.29. The lowest BCUT2D eigenvalue weighted by Crippen LogP contribution is -2.44. The number of nitrogens with zero attached hydrogens (tertiary/aromatic N) is 4. The first-order valence-corrected chi connectivity index (χ1v) is 8.78. The summed E-state index contributed by atoms with van der Waals surface area (Å²) in [7, 11) is 0. The van der Waals surface area contributed by atoms with Crippen LogP contribution in [0.1, 0.15) is 0 Å². The number of thioether (sulfide) groups is 1. The van der Waals surface area contributed by atoms with Gasteiger partial charge in [-0.2, -0.15) is 16.9 Å². The van der Waals surface area contributed by atoms with E-state index in [1.165, 1.54) is 4.68 Å². The zero-order valence-electron chi connectivity index (χ0n) is 12.5. The molecule has 0 radical (unpaired) electrons. The Labute approximate surface area is 133 Å². The fraction of sp³-hybridized carbons (Fsp3) is 0.643. The molecule has 2 aliphatic heterocycles. The van der Waals surface area contributed by atoms with Gasteiger partial charge in [0.05, 0.1) is 11.9 Å². The number of aromatic nitrogens is 2. The molecule has 0 spiro atoms. The van der Waals surface area contributed by atoms with E-state index < -0.39 is 0 Å². The highest BCUT2D eigenvalue weighted by molar-refractivity contribution is 7.99. The maximum absolute atomic E-state index is 12.2. The molecule has 3 rings (SSSR count). The lowest BCUT2D eigenvalue weighted by atomic mass is 10.3. The van der Waals surface area contributed by atoms with Crippen LogP contribution >= 0.6 is 11.8 Å². The van der Waals surface area contributed by atoms with Gasteiger partial charge in [-0.3, -0.25) is 9.59 Å². The molecule has 1 aromatic heterocycles. The summed E-state index contributed by atoms with van der Waals surface area (Å²) < 4.78 is 1.26. The van der Waals surface area contributed by atoms with Crippen molar-refractivity contribution in [2.24, 2.45) is 0 Å². The van der Waals surface area contributed by atoms with Crippen LogP contribution < -0.4 is 15.8 Å².